The molecule has 2 N–H and O–H groups in total. The number of pyridine rings is 1. The lowest BCUT2D eigenvalue weighted by atomic mass is 10.2. The number of carboxylic acids is 1. The molecule has 0 bridgehead atoms. The Morgan fingerprint density at radius 2 is 2.18 bits per heavy atom. The maximum absolute atomic E-state index is 10.3. The first-order valence-corrected chi connectivity index (χ1v) is 5.56. The molecule has 0 amide bonds. The highest BCUT2D eigenvalue weighted by molar-refractivity contribution is 5.81. The molecule has 1 aromatic heterocycles. The molecule has 0 radical (unpaired) electrons. The Balaban J connectivity index is 1.97. The highest BCUT2D eigenvalue weighted by Crippen LogP contribution is 2.15. The van der Waals surface area contributed by atoms with Gasteiger partial charge in [0.05, 0.1) is 17.4 Å². The summed E-state index contributed by atoms with van der Waals surface area (Å²) in [5, 5.41) is 12.8. The third-order valence-corrected chi connectivity index (χ3v) is 2.49. The number of para-hydroxylation sites is 1. The first-order valence-electron chi connectivity index (χ1n) is 5.56. The van der Waals surface area contributed by atoms with Crippen LogP contribution >= 0.6 is 0 Å². The molecule has 2 aromatic rings. The lowest BCUT2D eigenvalue weighted by Gasteiger charge is -2.05. The van der Waals surface area contributed by atoms with Gasteiger partial charge in [0.25, 0.3) is 0 Å². The van der Waals surface area contributed by atoms with E-state index in [4.69, 9.17) is 5.11 Å². The minimum absolute atomic E-state index is 0.189. The van der Waals surface area contributed by atoms with Crippen LogP contribution in [-0.2, 0) is 4.79 Å². The van der Waals surface area contributed by atoms with E-state index in [1.54, 1.807) is 6.20 Å². The molecule has 0 saturated heterocycles. The van der Waals surface area contributed by atoms with Crippen molar-refractivity contribution in [2.75, 3.05) is 11.9 Å². The zero-order valence-corrected chi connectivity index (χ0v) is 9.39. The number of nitrogens with zero attached hydrogens (tertiary/aromatic N) is 1. The summed E-state index contributed by atoms with van der Waals surface area (Å²) in [7, 11) is 0. The predicted octanol–water partition coefficient (Wildman–Crippen LogP) is 2.51. The van der Waals surface area contributed by atoms with Gasteiger partial charge in [-0.15, -0.1) is 0 Å². The summed E-state index contributed by atoms with van der Waals surface area (Å²) in [4.78, 5) is 14.7. The summed E-state index contributed by atoms with van der Waals surface area (Å²) < 4.78 is 0. The van der Waals surface area contributed by atoms with E-state index in [9.17, 15) is 4.79 Å². The van der Waals surface area contributed by atoms with Gasteiger partial charge in [-0.3, -0.25) is 9.78 Å². The molecular weight excluding hydrogens is 216 g/mol. The van der Waals surface area contributed by atoms with Gasteiger partial charge in [-0.2, -0.15) is 0 Å². The average Bonchev–Trinajstić information content (AvgIpc) is 2.34. The van der Waals surface area contributed by atoms with Crippen LogP contribution in [0, 0.1) is 0 Å². The summed E-state index contributed by atoms with van der Waals surface area (Å²) in [5.41, 5.74) is 1.89. The number of benzene rings is 1. The van der Waals surface area contributed by atoms with Crippen LogP contribution in [-0.4, -0.2) is 22.6 Å². The molecular formula is C13H14N2O2. The third-order valence-electron chi connectivity index (χ3n) is 2.49. The summed E-state index contributed by atoms with van der Waals surface area (Å²) in [6.45, 7) is 0.645. The van der Waals surface area contributed by atoms with E-state index in [1.807, 2.05) is 30.3 Å². The fraction of sp³-hybridized carbons (Fsp3) is 0.231. The Bertz CT molecular complexity index is 526. The van der Waals surface area contributed by atoms with Crippen LogP contribution in [0.2, 0.25) is 0 Å². The summed E-state index contributed by atoms with van der Waals surface area (Å²) >= 11 is 0. The first kappa shape index (κ1) is 11.4. The van der Waals surface area contributed by atoms with E-state index in [0.717, 1.165) is 16.6 Å². The van der Waals surface area contributed by atoms with Crippen LogP contribution in [0.15, 0.2) is 36.5 Å². The van der Waals surface area contributed by atoms with Crippen molar-refractivity contribution in [2.45, 2.75) is 12.8 Å². The zero-order chi connectivity index (χ0) is 12.1. The Kier molecular flexibility index (Phi) is 3.55. The van der Waals surface area contributed by atoms with E-state index in [0.29, 0.717) is 13.0 Å². The number of carbonyl (C=O) groups is 1. The first-order chi connectivity index (χ1) is 8.25. The molecule has 4 nitrogen and oxygen atoms in total. The number of hydrogen-bond donors (Lipinski definition) is 2. The fourth-order valence-electron chi connectivity index (χ4n) is 1.64. The van der Waals surface area contributed by atoms with Crippen molar-refractivity contribution >= 4 is 22.6 Å². The highest BCUT2D eigenvalue weighted by Gasteiger charge is 1.98. The smallest absolute Gasteiger partial charge is 0.303 e. The second-order valence-electron chi connectivity index (χ2n) is 3.84. The Morgan fingerprint density at radius 3 is 3.00 bits per heavy atom. The molecule has 0 spiro atoms. The quantitative estimate of drug-likeness (QED) is 0.775. The van der Waals surface area contributed by atoms with Crippen molar-refractivity contribution in [3.63, 3.8) is 0 Å². The Morgan fingerprint density at radius 1 is 1.35 bits per heavy atom. The van der Waals surface area contributed by atoms with Crippen LogP contribution in [0.4, 0.5) is 5.69 Å². The Labute approximate surface area is 99.3 Å². The lowest BCUT2D eigenvalue weighted by Crippen LogP contribution is -2.04. The second kappa shape index (κ2) is 5.30. The third kappa shape index (κ3) is 3.17. The monoisotopic (exact) mass is 230 g/mol. The van der Waals surface area contributed by atoms with E-state index in [1.165, 1.54) is 0 Å². The standard InChI is InChI=1S/C13H14N2O2/c16-13(17)6-3-7-14-11-8-10-4-1-2-5-12(10)15-9-11/h1-2,4-5,8-9,14H,3,6-7H2,(H,16,17). The number of nitrogens with one attached hydrogen (secondary N) is 1. The number of fused-ring (bicyclic) bond motifs is 1. The largest absolute Gasteiger partial charge is 0.481 e. The molecule has 0 unspecified atom stereocenters. The highest BCUT2D eigenvalue weighted by atomic mass is 16.4. The molecule has 1 heterocycles. The van der Waals surface area contributed by atoms with Gasteiger partial charge in [-0.05, 0) is 18.6 Å². The zero-order valence-electron chi connectivity index (χ0n) is 9.39. The molecule has 0 saturated carbocycles. The van der Waals surface area contributed by atoms with Gasteiger partial charge in [-0.25, -0.2) is 0 Å². The van der Waals surface area contributed by atoms with E-state index < -0.39 is 5.97 Å². The molecule has 0 aliphatic carbocycles. The van der Waals surface area contributed by atoms with Crippen LogP contribution in [0.5, 0.6) is 0 Å². The van der Waals surface area contributed by atoms with E-state index in [-0.39, 0.29) is 6.42 Å². The van der Waals surface area contributed by atoms with Crippen LogP contribution in [0.25, 0.3) is 10.9 Å². The van der Waals surface area contributed by atoms with Gasteiger partial charge in [-0.1, -0.05) is 18.2 Å². The van der Waals surface area contributed by atoms with Crippen LogP contribution in [0.3, 0.4) is 0 Å². The molecule has 2 rings (SSSR count). The molecule has 17 heavy (non-hydrogen) atoms. The number of rotatable bonds is 5. The molecule has 4 heteroatoms. The fourth-order valence-corrected chi connectivity index (χ4v) is 1.64. The maximum atomic E-state index is 10.3. The van der Waals surface area contributed by atoms with Gasteiger partial charge in [0, 0.05) is 18.4 Å². The summed E-state index contributed by atoms with van der Waals surface area (Å²) in [6.07, 6.45) is 2.57. The van der Waals surface area contributed by atoms with Crippen molar-refractivity contribution in [1.29, 1.82) is 0 Å². The number of carboxylic acid groups (broad SMARTS) is 1. The van der Waals surface area contributed by atoms with Crippen molar-refractivity contribution in [3.8, 4) is 0 Å². The van der Waals surface area contributed by atoms with E-state index in [2.05, 4.69) is 10.3 Å². The van der Waals surface area contributed by atoms with E-state index >= 15 is 0 Å². The van der Waals surface area contributed by atoms with Crippen molar-refractivity contribution in [1.82, 2.24) is 4.98 Å². The van der Waals surface area contributed by atoms with Gasteiger partial charge in [0.1, 0.15) is 0 Å². The number of aromatic nitrogens is 1. The average molecular weight is 230 g/mol. The lowest BCUT2D eigenvalue weighted by molar-refractivity contribution is -0.137. The second-order valence-corrected chi connectivity index (χ2v) is 3.84. The normalized spacial score (nSPS) is 10.4. The topological polar surface area (TPSA) is 62.2 Å². The van der Waals surface area contributed by atoms with Crippen molar-refractivity contribution in [3.05, 3.63) is 36.5 Å². The van der Waals surface area contributed by atoms with Gasteiger partial charge in [0.15, 0.2) is 0 Å². The molecule has 1 aromatic carbocycles. The SMILES string of the molecule is O=C(O)CCCNc1cnc2ccccc2c1. The number of anilines is 1. The number of hydrogen-bond acceptors (Lipinski definition) is 3. The molecule has 0 fully saturated rings. The minimum atomic E-state index is -0.761. The van der Waals surface area contributed by atoms with Crippen LogP contribution in [0.1, 0.15) is 12.8 Å². The molecule has 0 aliphatic rings. The van der Waals surface area contributed by atoms with Crippen LogP contribution < -0.4 is 5.32 Å². The molecule has 88 valence electrons. The number of aliphatic carboxylic acids is 1. The molecule has 0 aliphatic heterocycles. The predicted molar refractivity (Wildman–Crippen MR) is 67.1 cm³/mol. The summed E-state index contributed by atoms with van der Waals surface area (Å²) in [5.74, 6) is -0.761. The summed E-state index contributed by atoms with van der Waals surface area (Å²) in [6, 6.07) is 9.91. The van der Waals surface area contributed by atoms with Gasteiger partial charge < -0.3 is 10.4 Å². The molecule has 0 atom stereocenters. The van der Waals surface area contributed by atoms with Crippen molar-refractivity contribution < 1.29 is 9.90 Å². The van der Waals surface area contributed by atoms with Crippen molar-refractivity contribution in [2.24, 2.45) is 0 Å². The minimum Gasteiger partial charge on any atom is -0.481 e. The van der Waals surface area contributed by atoms with Gasteiger partial charge in [0.2, 0.25) is 0 Å². The Hall–Kier alpha value is -2.10. The maximum Gasteiger partial charge on any atom is 0.303 e. The van der Waals surface area contributed by atoms with Gasteiger partial charge >= 0.3 is 5.97 Å².